The van der Waals surface area contributed by atoms with Gasteiger partial charge in [0.05, 0.1) is 31.0 Å². The van der Waals surface area contributed by atoms with Crippen LogP contribution in [0.15, 0.2) is 23.6 Å². The summed E-state index contributed by atoms with van der Waals surface area (Å²) in [5.41, 5.74) is 8.22. The number of thiazole rings is 1. The van der Waals surface area contributed by atoms with Gasteiger partial charge in [-0.2, -0.15) is 0 Å². The number of anilines is 1. The second kappa shape index (κ2) is 7.79. The van der Waals surface area contributed by atoms with E-state index in [1.54, 1.807) is 6.92 Å². The molecule has 118 valence electrons. The van der Waals surface area contributed by atoms with Gasteiger partial charge >= 0.3 is 5.97 Å². The van der Waals surface area contributed by atoms with E-state index in [9.17, 15) is 4.79 Å². The maximum Gasteiger partial charge on any atom is 0.311 e. The van der Waals surface area contributed by atoms with Crippen LogP contribution >= 0.6 is 11.3 Å². The summed E-state index contributed by atoms with van der Waals surface area (Å²) < 4.78 is 10.5. The molecule has 0 saturated carbocycles. The number of esters is 1. The fourth-order valence-electron chi connectivity index (χ4n) is 1.91. The Bertz CT molecular complexity index is 640. The van der Waals surface area contributed by atoms with Gasteiger partial charge in [0.25, 0.3) is 0 Å². The molecule has 0 atom stereocenters. The molecule has 0 aliphatic rings. The molecule has 0 saturated heterocycles. The maximum absolute atomic E-state index is 11.5. The van der Waals surface area contributed by atoms with E-state index < -0.39 is 0 Å². The molecule has 0 unspecified atom stereocenters. The van der Waals surface area contributed by atoms with Gasteiger partial charge in [-0.3, -0.25) is 4.79 Å². The van der Waals surface area contributed by atoms with Crippen molar-refractivity contribution in [3.8, 4) is 16.3 Å². The first kappa shape index (κ1) is 16.3. The minimum atomic E-state index is -0.262. The van der Waals surface area contributed by atoms with E-state index >= 15 is 0 Å². The molecule has 0 fully saturated rings. The van der Waals surface area contributed by atoms with Crippen LogP contribution in [0.1, 0.15) is 26.0 Å². The van der Waals surface area contributed by atoms with Crippen LogP contribution in [-0.2, 0) is 16.0 Å². The standard InChI is InChI=1S/C16H20N2O3S/c1-3-7-21-14-6-5-11(8-13(14)17)16-18-12(10-22-16)9-15(19)20-4-2/h5-6,8,10H,3-4,7,9,17H2,1-2H3. The van der Waals surface area contributed by atoms with E-state index in [4.69, 9.17) is 15.2 Å². The molecular formula is C16H20N2O3S. The van der Waals surface area contributed by atoms with Crippen molar-refractivity contribution in [3.63, 3.8) is 0 Å². The van der Waals surface area contributed by atoms with Crippen LogP contribution in [0.5, 0.6) is 5.75 Å². The SMILES string of the molecule is CCCOc1ccc(-c2nc(CC(=O)OCC)cs2)cc1N. The normalized spacial score (nSPS) is 10.5. The van der Waals surface area contributed by atoms with E-state index in [1.807, 2.05) is 30.5 Å². The second-order valence-corrected chi connectivity index (χ2v) is 5.58. The molecule has 1 heterocycles. The highest BCUT2D eigenvalue weighted by Gasteiger charge is 2.11. The lowest BCUT2D eigenvalue weighted by atomic mass is 10.2. The summed E-state index contributed by atoms with van der Waals surface area (Å²) in [5.74, 6) is 0.427. The Morgan fingerprint density at radius 2 is 2.18 bits per heavy atom. The lowest BCUT2D eigenvalue weighted by Gasteiger charge is -2.08. The smallest absolute Gasteiger partial charge is 0.311 e. The van der Waals surface area contributed by atoms with Gasteiger partial charge in [0.1, 0.15) is 10.8 Å². The Kier molecular flexibility index (Phi) is 5.77. The minimum Gasteiger partial charge on any atom is -0.491 e. The van der Waals surface area contributed by atoms with E-state index in [0.717, 1.165) is 17.0 Å². The Morgan fingerprint density at radius 3 is 2.86 bits per heavy atom. The molecule has 2 aromatic rings. The number of ether oxygens (including phenoxy) is 2. The summed E-state index contributed by atoms with van der Waals surface area (Å²) >= 11 is 1.48. The Hall–Kier alpha value is -2.08. The van der Waals surface area contributed by atoms with Crippen LogP contribution in [0, 0.1) is 0 Å². The van der Waals surface area contributed by atoms with Crippen molar-refractivity contribution in [1.82, 2.24) is 4.98 Å². The van der Waals surface area contributed by atoms with E-state index in [2.05, 4.69) is 4.98 Å². The fraction of sp³-hybridized carbons (Fsp3) is 0.375. The molecule has 22 heavy (non-hydrogen) atoms. The first-order valence-corrected chi connectivity index (χ1v) is 8.14. The van der Waals surface area contributed by atoms with Crippen LogP contribution in [0.2, 0.25) is 0 Å². The number of carbonyl (C=O) groups is 1. The van der Waals surface area contributed by atoms with Crippen molar-refractivity contribution >= 4 is 23.0 Å². The molecule has 2 N–H and O–H groups in total. The Labute approximate surface area is 134 Å². The van der Waals surface area contributed by atoms with Gasteiger partial charge in [-0.05, 0) is 31.5 Å². The number of nitrogens with two attached hydrogens (primary N) is 1. The molecule has 0 spiro atoms. The van der Waals surface area contributed by atoms with Crippen molar-refractivity contribution in [2.24, 2.45) is 0 Å². The third-order valence-corrected chi connectivity index (χ3v) is 3.84. The van der Waals surface area contributed by atoms with Crippen LogP contribution in [-0.4, -0.2) is 24.2 Å². The number of nitrogens with zero attached hydrogens (tertiary/aromatic N) is 1. The monoisotopic (exact) mass is 320 g/mol. The van der Waals surface area contributed by atoms with Crippen molar-refractivity contribution in [1.29, 1.82) is 0 Å². The highest BCUT2D eigenvalue weighted by atomic mass is 32.1. The average molecular weight is 320 g/mol. The number of hydrogen-bond donors (Lipinski definition) is 1. The lowest BCUT2D eigenvalue weighted by Crippen LogP contribution is -2.07. The summed E-state index contributed by atoms with van der Waals surface area (Å²) in [4.78, 5) is 15.9. The summed E-state index contributed by atoms with van der Waals surface area (Å²) in [6, 6.07) is 5.62. The van der Waals surface area contributed by atoms with Crippen molar-refractivity contribution < 1.29 is 14.3 Å². The predicted molar refractivity (Wildman–Crippen MR) is 88.1 cm³/mol. The number of aromatic nitrogens is 1. The number of carbonyl (C=O) groups excluding carboxylic acids is 1. The molecule has 0 aliphatic heterocycles. The van der Waals surface area contributed by atoms with Gasteiger partial charge in [0.15, 0.2) is 0 Å². The quantitative estimate of drug-likeness (QED) is 0.626. The molecule has 1 aromatic heterocycles. The first-order valence-electron chi connectivity index (χ1n) is 7.26. The molecule has 5 nitrogen and oxygen atoms in total. The first-order chi connectivity index (χ1) is 10.6. The minimum absolute atomic E-state index is 0.192. The van der Waals surface area contributed by atoms with Crippen LogP contribution in [0.4, 0.5) is 5.69 Å². The van der Waals surface area contributed by atoms with Gasteiger partial charge < -0.3 is 15.2 Å². The molecule has 0 amide bonds. The van der Waals surface area contributed by atoms with E-state index in [-0.39, 0.29) is 12.4 Å². The summed E-state index contributed by atoms with van der Waals surface area (Å²) in [6.45, 7) is 4.86. The van der Waals surface area contributed by atoms with Crippen LogP contribution in [0.3, 0.4) is 0 Å². The second-order valence-electron chi connectivity index (χ2n) is 4.73. The molecule has 0 radical (unpaired) electrons. The number of nitrogen functional groups attached to an aromatic ring is 1. The third kappa shape index (κ3) is 4.21. The number of rotatable bonds is 7. The fourth-order valence-corrected chi connectivity index (χ4v) is 2.72. The van der Waals surface area contributed by atoms with Gasteiger partial charge in [-0.15, -0.1) is 11.3 Å². The Morgan fingerprint density at radius 1 is 1.36 bits per heavy atom. The number of benzene rings is 1. The lowest BCUT2D eigenvalue weighted by molar-refractivity contribution is -0.142. The highest BCUT2D eigenvalue weighted by molar-refractivity contribution is 7.13. The molecule has 1 aromatic carbocycles. The van der Waals surface area contributed by atoms with Crippen molar-refractivity contribution in [3.05, 3.63) is 29.3 Å². The van der Waals surface area contributed by atoms with Crippen LogP contribution < -0.4 is 10.5 Å². The molecule has 2 rings (SSSR count). The topological polar surface area (TPSA) is 74.4 Å². The summed E-state index contributed by atoms with van der Waals surface area (Å²) in [6.07, 6.45) is 1.13. The zero-order valence-corrected chi connectivity index (χ0v) is 13.6. The van der Waals surface area contributed by atoms with E-state index in [1.165, 1.54) is 11.3 Å². The summed E-state index contributed by atoms with van der Waals surface area (Å²) in [7, 11) is 0. The highest BCUT2D eigenvalue weighted by Crippen LogP contribution is 2.30. The average Bonchev–Trinajstić information content (AvgIpc) is 2.94. The van der Waals surface area contributed by atoms with Gasteiger partial charge in [-0.1, -0.05) is 6.92 Å². The summed E-state index contributed by atoms with van der Waals surface area (Å²) in [5, 5.41) is 2.69. The van der Waals surface area contributed by atoms with Crippen LogP contribution in [0.25, 0.3) is 10.6 Å². The number of hydrogen-bond acceptors (Lipinski definition) is 6. The van der Waals surface area contributed by atoms with Gasteiger partial charge in [0, 0.05) is 10.9 Å². The van der Waals surface area contributed by atoms with Gasteiger partial charge in [-0.25, -0.2) is 4.98 Å². The largest absolute Gasteiger partial charge is 0.491 e. The van der Waals surface area contributed by atoms with Crippen molar-refractivity contribution in [2.45, 2.75) is 26.7 Å². The Balaban J connectivity index is 2.10. The zero-order valence-electron chi connectivity index (χ0n) is 12.8. The molecule has 0 bridgehead atoms. The third-order valence-electron chi connectivity index (χ3n) is 2.90. The molecule has 6 heteroatoms. The molecule has 0 aliphatic carbocycles. The molecular weight excluding hydrogens is 300 g/mol. The zero-order chi connectivity index (χ0) is 15.9. The maximum atomic E-state index is 11.5. The van der Waals surface area contributed by atoms with Crippen molar-refractivity contribution in [2.75, 3.05) is 18.9 Å². The predicted octanol–water partition coefficient (Wildman–Crippen LogP) is 3.29. The van der Waals surface area contributed by atoms with Gasteiger partial charge in [0.2, 0.25) is 0 Å². The van der Waals surface area contributed by atoms with E-state index in [0.29, 0.717) is 30.3 Å².